The number of rotatable bonds is 7. The third-order valence-electron chi connectivity index (χ3n) is 4.52. The largest absolute Gasteiger partial charge is 0.494 e. The Morgan fingerprint density at radius 1 is 1.35 bits per heavy atom. The molecule has 1 unspecified atom stereocenters. The standard InChI is InChI=1S/C18H28N2O3/c1-3-10-23-16-6-4-15(5-7-16)14(2)20-17(21)18(13-19)8-11-22-12-9-18/h4-7,14H,3,8-13,19H2,1-2H3,(H,20,21). The van der Waals surface area contributed by atoms with Crippen LogP contribution in [0.2, 0.25) is 0 Å². The van der Waals surface area contributed by atoms with Crippen LogP contribution in [0.25, 0.3) is 0 Å². The lowest BCUT2D eigenvalue weighted by atomic mass is 9.79. The van der Waals surface area contributed by atoms with Crippen LogP contribution in [0.15, 0.2) is 24.3 Å². The molecule has 0 radical (unpaired) electrons. The molecule has 1 aromatic carbocycles. The van der Waals surface area contributed by atoms with Gasteiger partial charge in [0.15, 0.2) is 0 Å². The highest BCUT2D eigenvalue weighted by molar-refractivity contribution is 5.83. The minimum absolute atomic E-state index is 0.0297. The van der Waals surface area contributed by atoms with Gasteiger partial charge >= 0.3 is 0 Å². The van der Waals surface area contributed by atoms with E-state index in [1.807, 2.05) is 31.2 Å². The zero-order chi connectivity index (χ0) is 16.7. The molecular weight excluding hydrogens is 292 g/mol. The minimum Gasteiger partial charge on any atom is -0.494 e. The fraction of sp³-hybridized carbons (Fsp3) is 0.611. The average Bonchev–Trinajstić information content (AvgIpc) is 2.60. The van der Waals surface area contributed by atoms with Crippen molar-refractivity contribution < 1.29 is 14.3 Å². The van der Waals surface area contributed by atoms with Gasteiger partial charge in [-0.25, -0.2) is 0 Å². The minimum atomic E-state index is -0.489. The SMILES string of the molecule is CCCOc1ccc(C(C)NC(=O)C2(CN)CCOCC2)cc1. The molecule has 1 fully saturated rings. The monoisotopic (exact) mass is 320 g/mol. The van der Waals surface area contributed by atoms with E-state index < -0.39 is 5.41 Å². The van der Waals surface area contributed by atoms with Gasteiger partial charge in [0.25, 0.3) is 0 Å². The van der Waals surface area contributed by atoms with Crippen molar-refractivity contribution in [2.75, 3.05) is 26.4 Å². The van der Waals surface area contributed by atoms with E-state index in [1.54, 1.807) is 0 Å². The van der Waals surface area contributed by atoms with E-state index in [0.29, 0.717) is 39.2 Å². The second kappa shape index (κ2) is 8.31. The molecule has 5 heteroatoms. The summed E-state index contributed by atoms with van der Waals surface area (Å²) in [6, 6.07) is 7.82. The Balaban J connectivity index is 1.97. The van der Waals surface area contributed by atoms with Crippen molar-refractivity contribution in [2.24, 2.45) is 11.1 Å². The van der Waals surface area contributed by atoms with Gasteiger partial charge in [0.05, 0.1) is 18.1 Å². The predicted octanol–water partition coefficient (Wildman–Crippen LogP) is 2.41. The Hall–Kier alpha value is -1.59. The van der Waals surface area contributed by atoms with Gasteiger partial charge in [0, 0.05) is 19.8 Å². The number of benzene rings is 1. The number of amides is 1. The number of carbonyl (C=O) groups is 1. The summed E-state index contributed by atoms with van der Waals surface area (Å²) in [4.78, 5) is 12.7. The zero-order valence-corrected chi connectivity index (χ0v) is 14.1. The predicted molar refractivity (Wildman–Crippen MR) is 90.3 cm³/mol. The molecule has 128 valence electrons. The lowest BCUT2D eigenvalue weighted by molar-refractivity contribution is -0.136. The summed E-state index contributed by atoms with van der Waals surface area (Å²) in [5, 5.41) is 3.10. The van der Waals surface area contributed by atoms with Crippen LogP contribution in [-0.4, -0.2) is 32.3 Å². The molecule has 1 aliphatic heterocycles. The molecule has 0 spiro atoms. The molecule has 0 saturated carbocycles. The number of carbonyl (C=O) groups excluding carboxylic acids is 1. The van der Waals surface area contributed by atoms with Gasteiger partial charge in [0.2, 0.25) is 5.91 Å². The van der Waals surface area contributed by atoms with Crippen LogP contribution in [0.5, 0.6) is 5.75 Å². The van der Waals surface area contributed by atoms with Crippen molar-refractivity contribution in [3.05, 3.63) is 29.8 Å². The highest BCUT2D eigenvalue weighted by atomic mass is 16.5. The van der Waals surface area contributed by atoms with Crippen LogP contribution in [0.4, 0.5) is 0 Å². The normalized spacial score (nSPS) is 18.2. The van der Waals surface area contributed by atoms with Crippen molar-refractivity contribution in [3.63, 3.8) is 0 Å². The molecule has 0 aromatic heterocycles. The number of ether oxygens (including phenoxy) is 2. The highest BCUT2D eigenvalue weighted by Gasteiger charge is 2.39. The van der Waals surface area contributed by atoms with Crippen molar-refractivity contribution >= 4 is 5.91 Å². The first-order valence-electron chi connectivity index (χ1n) is 8.43. The molecule has 2 rings (SSSR count). The van der Waals surface area contributed by atoms with Crippen LogP contribution < -0.4 is 15.8 Å². The van der Waals surface area contributed by atoms with Crippen molar-refractivity contribution in [1.29, 1.82) is 0 Å². The van der Waals surface area contributed by atoms with E-state index >= 15 is 0 Å². The van der Waals surface area contributed by atoms with Gasteiger partial charge in [-0.05, 0) is 43.9 Å². The highest BCUT2D eigenvalue weighted by Crippen LogP contribution is 2.30. The van der Waals surface area contributed by atoms with Crippen molar-refractivity contribution in [1.82, 2.24) is 5.32 Å². The first-order chi connectivity index (χ1) is 11.1. The third kappa shape index (κ3) is 4.45. The second-order valence-electron chi connectivity index (χ2n) is 6.21. The van der Waals surface area contributed by atoms with Crippen molar-refractivity contribution in [3.8, 4) is 5.75 Å². The van der Waals surface area contributed by atoms with Gasteiger partial charge in [0.1, 0.15) is 5.75 Å². The maximum atomic E-state index is 12.7. The Kier molecular flexibility index (Phi) is 6.42. The Bertz CT molecular complexity index is 495. The second-order valence-corrected chi connectivity index (χ2v) is 6.21. The molecule has 3 N–H and O–H groups in total. The molecule has 1 amide bonds. The number of hydrogen-bond donors (Lipinski definition) is 2. The number of nitrogens with one attached hydrogen (secondary N) is 1. The molecular formula is C18H28N2O3. The summed E-state index contributed by atoms with van der Waals surface area (Å²) in [5.41, 5.74) is 6.45. The van der Waals surface area contributed by atoms with Gasteiger partial charge in [-0.2, -0.15) is 0 Å². The number of nitrogens with two attached hydrogens (primary N) is 1. The van der Waals surface area contributed by atoms with Crippen LogP contribution in [0.3, 0.4) is 0 Å². The van der Waals surface area contributed by atoms with Crippen molar-refractivity contribution in [2.45, 2.75) is 39.2 Å². The molecule has 5 nitrogen and oxygen atoms in total. The quantitative estimate of drug-likeness (QED) is 0.809. The maximum Gasteiger partial charge on any atom is 0.228 e. The first-order valence-corrected chi connectivity index (χ1v) is 8.43. The molecule has 1 atom stereocenters. The van der Waals surface area contributed by atoms with Gasteiger partial charge in [-0.1, -0.05) is 19.1 Å². The molecule has 1 heterocycles. The lowest BCUT2D eigenvalue weighted by Crippen LogP contribution is -2.49. The summed E-state index contributed by atoms with van der Waals surface area (Å²) in [6.07, 6.45) is 2.36. The maximum absolute atomic E-state index is 12.7. The van der Waals surface area contributed by atoms with E-state index in [-0.39, 0.29) is 11.9 Å². The Morgan fingerprint density at radius 3 is 2.57 bits per heavy atom. The van der Waals surface area contributed by atoms with Crippen LogP contribution >= 0.6 is 0 Å². The lowest BCUT2D eigenvalue weighted by Gasteiger charge is -2.35. The summed E-state index contributed by atoms with van der Waals surface area (Å²) >= 11 is 0. The molecule has 0 bridgehead atoms. The smallest absolute Gasteiger partial charge is 0.228 e. The molecule has 1 saturated heterocycles. The van der Waals surface area contributed by atoms with Crippen LogP contribution in [0, 0.1) is 5.41 Å². The van der Waals surface area contributed by atoms with E-state index in [2.05, 4.69) is 12.2 Å². The fourth-order valence-electron chi connectivity index (χ4n) is 2.79. The molecule has 23 heavy (non-hydrogen) atoms. The summed E-state index contributed by atoms with van der Waals surface area (Å²) in [7, 11) is 0. The average molecular weight is 320 g/mol. The van der Waals surface area contributed by atoms with Gasteiger partial charge < -0.3 is 20.5 Å². The molecule has 0 aliphatic carbocycles. The molecule has 1 aromatic rings. The molecule has 1 aliphatic rings. The Labute approximate surface area is 138 Å². The fourth-order valence-corrected chi connectivity index (χ4v) is 2.79. The van der Waals surface area contributed by atoms with E-state index in [4.69, 9.17) is 15.2 Å². The zero-order valence-electron chi connectivity index (χ0n) is 14.1. The number of hydrogen-bond acceptors (Lipinski definition) is 4. The van der Waals surface area contributed by atoms with Crippen LogP contribution in [-0.2, 0) is 9.53 Å². The Morgan fingerprint density at radius 2 is 2.00 bits per heavy atom. The van der Waals surface area contributed by atoms with Gasteiger partial charge in [-0.15, -0.1) is 0 Å². The summed E-state index contributed by atoms with van der Waals surface area (Å²) < 4.78 is 10.9. The third-order valence-corrected chi connectivity index (χ3v) is 4.52. The first kappa shape index (κ1) is 17.8. The summed E-state index contributed by atoms with van der Waals surface area (Å²) in [5.74, 6) is 0.888. The van der Waals surface area contributed by atoms with E-state index in [1.165, 1.54) is 0 Å². The van der Waals surface area contributed by atoms with Gasteiger partial charge in [-0.3, -0.25) is 4.79 Å². The summed E-state index contributed by atoms with van der Waals surface area (Å²) in [6.45, 7) is 6.34. The topological polar surface area (TPSA) is 73.6 Å². The van der Waals surface area contributed by atoms with E-state index in [0.717, 1.165) is 17.7 Å². The van der Waals surface area contributed by atoms with E-state index in [9.17, 15) is 4.79 Å². The van der Waals surface area contributed by atoms with Crippen LogP contribution in [0.1, 0.15) is 44.7 Å².